The molecule has 0 spiro atoms. The molecule has 1 aromatic rings. The summed E-state index contributed by atoms with van der Waals surface area (Å²) < 4.78 is 0. The highest BCUT2D eigenvalue weighted by atomic mass is 15.1. The molecule has 0 atom stereocenters. The summed E-state index contributed by atoms with van der Waals surface area (Å²) in [7, 11) is 0. The van der Waals surface area contributed by atoms with Crippen molar-refractivity contribution in [3.8, 4) is 0 Å². The summed E-state index contributed by atoms with van der Waals surface area (Å²) in [5.41, 5.74) is 2.84. The minimum atomic E-state index is 0.706. The fraction of sp³-hybridized carbons (Fsp3) is 0.647. The SMILES string of the molecule is CCCCN1CCC(NCc2ccccc2C)CC1. The number of likely N-dealkylation sites (tertiary alicyclic amines) is 1. The fourth-order valence-corrected chi connectivity index (χ4v) is 2.81. The van der Waals surface area contributed by atoms with Gasteiger partial charge in [-0.05, 0) is 56.9 Å². The second-order valence-corrected chi connectivity index (χ2v) is 5.78. The first-order valence-corrected chi connectivity index (χ1v) is 7.80. The van der Waals surface area contributed by atoms with Crippen LogP contribution in [0, 0.1) is 6.92 Å². The van der Waals surface area contributed by atoms with Crippen LogP contribution < -0.4 is 5.32 Å². The third-order valence-electron chi connectivity index (χ3n) is 4.26. The Bertz CT molecular complexity index is 367. The summed E-state index contributed by atoms with van der Waals surface area (Å²) in [6.07, 6.45) is 5.26. The molecular weight excluding hydrogens is 232 g/mol. The van der Waals surface area contributed by atoms with Crippen molar-refractivity contribution in [2.24, 2.45) is 0 Å². The normalized spacial score (nSPS) is 17.8. The smallest absolute Gasteiger partial charge is 0.0210 e. The van der Waals surface area contributed by atoms with Crippen LogP contribution in [0.4, 0.5) is 0 Å². The Kier molecular flexibility index (Phi) is 5.87. The molecule has 0 bridgehead atoms. The molecule has 0 radical (unpaired) electrons. The molecule has 1 aliphatic rings. The van der Waals surface area contributed by atoms with Crippen LogP contribution in [-0.2, 0) is 6.54 Å². The molecule has 1 fully saturated rings. The van der Waals surface area contributed by atoms with Crippen molar-refractivity contribution in [3.05, 3.63) is 35.4 Å². The molecule has 2 rings (SSSR count). The Labute approximate surface area is 118 Å². The van der Waals surface area contributed by atoms with Gasteiger partial charge in [-0.3, -0.25) is 0 Å². The molecule has 0 aliphatic carbocycles. The summed E-state index contributed by atoms with van der Waals surface area (Å²) in [4.78, 5) is 2.62. The number of hydrogen-bond acceptors (Lipinski definition) is 2. The van der Waals surface area contributed by atoms with Crippen molar-refractivity contribution in [2.75, 3.05) is 19.6 Å². The van der Waals surface area contributed by atoms with Crippen LogP contribution in [0.5, 0.6) is 0 Å². The Balaban J connectivity index is 1.70. The summed E-state index contributed by atoms with van der Waals surface area (Å²) >= 11 is 0. The molecule has 0 saturated carbocycles. The first kappa shape index (κ1) is 14.5. The van der Waals surface area contributed by atoms with Gasteiger partial charge in [0.05, 0.1) is 0 Å². The van der Waals surface area contributed by atoms with E-state index in [0.717, 1.165) is 6.54 Å². The number of unbranched alkanes of at least 4 members (excludes halogenated alkanes) is 1. The zero-order valence-corrected chi connectivity index (χ0v) is 12.5. The molecule has 2 nitrogen and oxygen atoms in total. The first-order chi connectivity index (χ1) is 9.29. The van der Waals surface area contributed by atoms with Gasteiger partial charge < -0.3 is 10.2 Å². The van der Waals surface area contributed by atoms with Crippen molar-refractivity contribution in [2.45, 2.75) is 52.1 Å². The Morgan fingerprint density at radius 3 is 2.63 bits per heavy atom. The average molecular weight is 260 g/mol. The summed E-state index contributed by atoms with van der Waals surface area (Å²) in [6.45, 7) is 9.32. The lowest BCUT2D eigenvalue weighted by Crippen LogP contribution is -2.42. The third kappa shape index (κ3) is 4.63. The number of nitrogens with zero attached hydrogens (tertiary/aromatic N) is 1. The van der Waals surface area contributed by atoms with Crippen LogP contribution in [0.15, 0.2) is 24.3 Å². The predicted molar refractivity (Wildman–Crippen MR) is 82.4 cm³/mol. The lowest BCUT2D eigenvalue weighted by molar-refractivity contribution is 0.195. The van der Waals surface area contributed by atoms with Gasteiger partial charge >= 0.3 is 0 Å². The average Bonchev–Trinajstić information content (AvgIpc) is 2.45. The largest absolute Gasteiger partial charge is 0.310 e. The van der Waals surface area contributed by atoms with Gasteiger partial charge in [-0.25, -0.2) is 0 Å². The number of rotatable bonds is 6. The lowest BCUT2D eigenvalue weighted by Gasteiger charge is -2.32. The van der Waals surface area contributed by atoms with E-state index in [1.165, 1.54) is 56.4 Å². The Morgan fingerprint density at radius 1 is 1.21 bits per heavy atom. The first-order valence-electron chi connectivity index (χ1n) is 7.80. The summed E-state index contributed by atoms with van der Waals surface area (Å²) in [6, 6.07) is 9.39. The second kappa shape index (κ2) is 7.66. The Hall–Kier alpha value is -0.860. The highest BCUT2D eigenvalue weighted by Gasteiger charge is 2.18. The summed E-state index contributed by atoms with van der Waals surface area (Å²) in [5, 5.41) is 3.73. The van der Waals surface area contributed by atoms with Gasteiger partial charge in [0, 0.05) is 12.6 Å². The van der Waals surface area contributed by atoms with Crippen LogP contribution in [0.2, 0.25) is 0 Å². The fourth-order valence-electron chi connectivity index (χ4n) is 2.81. The number of nitrogens with one attached hydrogen (secondary N) is 1. The monoisotopic (exact) mass is 260 g/mol. The molecule has 1 aromatic carbocycles. The highest BCUT2D eigenvalue weighted by molar-refractivity contribution is 5.25. The van der Waals surface area contributed by atoms with E-state index in [1.54, 1.807) is 0 Å². The third-order valence-corrected chi connectivity index (χ3v) is 4.26. The van der Waals surface area contributed by atoms with E-state index in [2.05, 4.69) is 48.3 Å². The van der Waals surface area contributed by atoms with E-state index >= 15 is 0 Å². The molecule has 0 unspecified atom stereocenters. The minimum Gasteiger partial charge on any atom is -0.310 e. The van der Waals surface area contributed by atoms with Gasteiger partial charge in [-0.2, -0.15) is 0 Å². The number of piperidine rings is 1. The molecular formula is C17H28N2. The van der Waals surface area contributed by atoms with Gasteiger partial charge in [-0.1, -0.05) is 37.6 Å². The predicted octanol–water partition coefficient (Wildman–Crippen LogP) is 3.35. The van der Waals surface area contributed by atoms with Gasteiger partial charge in [0.1, 0.15) is 0 Å². The molecule has 106 valence electrons. The van der Waals surface area contributed by atoms with Crippen molar-refractivity contribution >= 4 is 0 Å². The van der Waals surface area contributed by atoms with Crippen molar-refractivity contribution in [3.63, 3.8) is 0 Å². The van der Waals surface area contributed by atoms with Gasteiger partial charge in [0.25, 0.3) is 0 Å². The topological polar surface area (TPSA) is 15.3 Å². The van der Waals surface area contributed by atoms with Crippen LogP contribution in [-0.4, -0.2) is 30.6 Å². The zero-order valence-electron chi connectivity index (χ0n) is 12.5. The van der Waals surface area contributed by atoms with E-state index < -0.39 is 0 Å². The quantitative estimate of drug-likeness (QED) is 0.844. The molecule has 1 saturated heterocycles. The maximum Gasteiger partial charge on any atom is 0.0210 e. The zero-order chi connectivity index (χ0) is 13.5. The highest BCUT2D eigenvalue weighted by Crippen LogP contribution is 2.13. The summed E-state index contributed by atoms with van der Waals surface area (Å²) in [5.74, 6) is 0. The molecule has 19 heavy (non-hydrogen) atoms. The van der Waals surface area contributed by atoms with Crippen LogP contribution >= 0.6 is 0 Å². The maximum atomic E-state index is 3.73. The van der Waals surface area contributed by atoms with E-state index in [4.69, 9.17) is 0 Å². The van der Waals surface area contributed by atoms with Gasteiger partial charge in [0.15, 0.2) is 0 Å². The molecule has 0 aromatic heterocycles. The van der Waals surface area contributed by atoms with E-state index in [-0.39, 0.29) is 0 Å². The second-order valence-electron chi connectivity index (χ2n) is 5.78. The van der Waals surface area contributed by atoms with Gasteiger partial charge in [0.2, 0.25) is 0 Å². The van der Waals surface area contributed by atoms with Crippen LogP contribution in [0.25, 0.3) is 0 Å². The van der Waals surface area contributed by atoms with E-state index in [0.29, 0.717) is 6.04 Å². The van der Waals surface area contributed by atoms with Crippen LogP contribution in [0.3, 0.4) is 0 Å². The number of hydrogen-bond donors (Lipinski definition) is 1. The molecule has 2 heteroatoms. The molecule has 1 heterocycles. The molecule has 1 aliphatic heterocycles. The van der Waals surface area contributed by atoms with Gasteiger partial charge in [-0.15, -0.1) is 0 Å². The molecule has 1 N–H and O–H groups in total. The standard InChI is InChI=1S/C17H28N2/c1-3-4-11-19-12-9-17(10-13-19)18-14-16-8-6-5-7-15(16)2/h5-8,17-18H,3-4,9-14H2,1-2H3. The molecule has 0 amide bonds. The van der Waals surface area contributed by atoms with Crippen LogP contribution in [0.1, 0.15) is 43.7 Å². The minimum absolute atomic E-state index is 0.706. The number of benzene rings is 1. The Morgan fingerprint density at radius 2 is 1.95 bits per heavy atom. The van der Waals surface area contributed by atoms with Crippen molar-refractivity contribution < 1.29 is 0 Å². The number of aryl methyl sites for hydroxylation is 1. The van der Waals surface area contributed by atoms with E-state index in [9.17, 15) is 0 Å². The maximum absolute atomic E-state index is 3.73. The van der Waals surface area contributed by atoms with E-state index in [1.807, 2.05) is 0 Å². The van der Waals surface area contributed by atoms with Crippen molar-refractivity contribution in [1.82, 2.24) is 10.2 Å². The lowest BCUT2D eigenvalue weighted by atomic mass is 10.0. The van der Waals surface area contributed by atoms with Crippen molar-refractivity contribution in [1.29, 1.82) is 0 Å².